The van der Waals surface area contributed by atoms with E-state index in [4.69, 9.17) is 17.3 Å². The smallest absolute Gasteiger partial charge is 0.384 e. The molecule has 0 aliphatic carbocycles. The second-order valence-electron chi connectivity index (χ2n) is 4.04. The number of hydrogen-bond acceptors (Lipinski definition) is 4. The van der Waals surface area contributed by atoms with Crippen LogP contribution in [0.25, 0.3) is 0 Å². The summed E-state index contributed by atoms with van der Waals surface area (Å²) in [5.41, 5.74) is 4.50. The van der Waals surface area contributed by atoms with Crippen LogP contribution < -0.4 is 11.1 Å². The van der Waals surface area contributed by atoms with Crippen LogP contribution in [0.5, 0.6) is 0 Å². The van der Waals surface area contributed by atoms with Gasteiger partial charge in [0.2, 0.25) is 0 Å². The van der Waals surface area contributed by atoms with Gasteiger partial charge in [0, 0.05) is 11.1 Å². The highest BCUT2D eigenvalue weighted by atomic mass is 35.5. The molecule has 20 heavy (non-hydrogen) atoms. The zero-order chi connectivity index (χ0) is 14.9. The number of rotatable bonds is 2. The Morgan fingerprint density at radius 2 is 1.90 bits per heavy atom. The predicted molar refractivity (Wildman–Crippen MR) is 70.9 cm³/mol. The average Bonchev–Trinajstić information content (AvgIpc) is 2.28. The molecular weight excluding hydrogens is 293 g/mol. The molecule has 0 spiro atoms. The van der Waals surface area contributed by atoms with Crippen molar-refractivity contribution in [2.45, 2.75) is 13.1 Å². The van der Waals surface area contributed by atoms with Gasteiger partial charge in [0.15, 0.2) is 0 Å². The summed E-state index contributed by atoms with van der Waals surface area (Å²) >= 11 is 5.60. The van der Waals surface area contributed by atoms with Crippen molar-refractivity contribution in [1.82, 2.24) is 9.97 Å². The van der Waals surface area contributed by atoms with Crippen molar-refractivity contribution in [3.63, 3.8) is 0 Å². The van der Waals surface area contributed by atoms with E-state index >= 15 is 0 Å². The Labute approximate surface area is 117 Å². The molecule has 0 saturated heterocycles. The zero-order valence-corrected chi connectivity index (χ0v) is 11.0. The van der Waals surface area contributed by atoms with Gasteiger partial charge in [-0.1, -0.05) is 11.6 Å². The molecule has 0 atom stereocenters. The van der Waals surface area contributed by atoms with Gasteiger partial charge >= 0.3 is 6.18 Å². The summed E-state index contributed by atoms with van der Waals surface area (Å²) in [7, 11) is 0. The molecule has 2 rings (SSSR count). The van der Waals surface area contributed by atoms with Gasteiger partial charge in [-0.2, -0.15) is 13.2 Å². The molecule has 106 valence electrons. The number of benzene rings is 1. The van der Waals surface area contributed by atoms with E-state index in [1.54, 1.807) is 6.92 Å². The summed E-state index contributed by atoms with van der Waals surface area (Å²) in [5, 5.41) is 2.58. The van der Waals surface area contributed by atoms with E-state index in [0.29, 0.717) is 5.82 Å². The van der Waals surface area contributed by atoms with E-state index in [2.05, 4.69) is 15.3 Å². The maximum Gasteiger partial charge on any atom is 0.418 e. The largest absolute Gasteiger partial charge is 0.418 e. The second kappa shape index (κ2) is 5.16. The van der Waals surface area contributed by atoms with Crippen LogP contribution >= 0.6 is 11.6 Å². The van der Waals surface area contributed by atoms with Crippen LogP contribution in [0.15, 0.2) is 24.3 Å². The van der Waals surface area contributed by atoms with Crippen LogP contribution in [0, 0.1) is 6.92 Å². The minimum atomic E-state index is -4.53. The number of anilines is 3. The molecule has 8 heteroatoms. The predicted octanol–water partition coefficient (Wildman–Crippen LogP) is 3.78. The molecular formula is C12H10ClF3N4. The minimum absolute atomic E-state index is 0.00116. The maximum atomic E-state index is 12.9. The van der Waals surface area contributed by atoms with Gasteiger partial charge in [0.1, 0.15) is 17.5 Å². The normalized spacial score (nSPS) is 11.4. The summed E-state index contributed by atoms with van der Waals surface area (Å²) in [6, 6.07) is 4.79. The Kier molecular flexibility index (Phi) is 3.71. The minimum Gasteiger partial charge on any atom is -0.384 e. The number of aromatic nitrogens is 2. The van der Waals surface area contributed by atoms with Crippen LogP contribution in [0.2, 0.25) is 5.02 Å². The highest BCUT2D eigenvalue weighted by Crippen LogP contribution is 2.37. The first-order chi connectivity index (χ1) is 9.25. The number of nitrogens with zero attached hydrogens (tertiary/aromatic N) is 2. The van der Waals surface area contributed by atoms with Crippen molar-refractivity contribution in [1.29, 1.82) is 0 Å². The molecule has 0 saturated carbocycles. The second-order valence-corrected chi connectivity index (χ2v) is 4.47. The molecule has 0 amide bonds. The molecule has 1 aromatic heterocycles. The molecule has 0 fully saturated rings. The summed E-state index contributed by atoms with van der Waals surface area (Å²) < 4.78 is 38.8. The molecule has 4 nitrogen and oxygen atoms in total. The number of aryl methyl sites for hydroxylation is 1. The summed E-state index contributed by atoms with van der Waals surface area (Å²) in [5.74, 6) is 0.709. The van der Waals surface area contributed by atoms with Crippen LogP contribution in [0.3, 0.4) is 0 Å². The van der Waals surface area contributed by atoms with E-state index in [0.717, 1.165) is 6.07 Å². The van der Waals surface area contributed by atoms with E-state index < -0.39 is 11.7 Å². The third-order valence-corrected chi connectivity index (χ3v) is 2.64. The number of nitrogens with one attached hydrogen (secondary N) is 1. The van der Waals surface area contributed by atoms with Crippen molar-refractivity contribution in [2.75, 3.05) is 11.1 Å². The Balaban J connectivity index is 2.43. The topological polar surface area (TPSA) is 63.8 Å². The van der Waals surface area contributed by atoms with Gasteiger partial charge in [-0.15, -0.1) is 0 Å². The van der Waals surface area contributed by atoms with Crippen molar-refractivity contribution in [2.24, 2.45) is 0 Å². The van der Waals surface area contributed by atoms with Gasteiger partial charge in [-0.3, -0.25) is 0 Å². The molecule has 0 bridgehead atoms. The van der Waals surface area contributed by atoms with E-state index in [1.807, 2.05) is 0 Å². The third kappa shape index (κ3) is 3.30. The first-order valence-corrected chi connectivity index (χ1v) is 5.88. The van der Waals surface area contributed by atoms with Crippen LogP contribution in [0.4, 0.5) is 30.5 Å². The average molecular weight is 303 g/mol. The van der Waals surface area contributed by atoms with Gasteiger partial charge in [0.05, 0.1) is 11.3 Å². The lowest BCUT2D eigenvalue weighted by molar-refractivity contribution is -0.136. The lowest BCUT2D eigenvalue weighted by Gasteiger charge is -2.14. The summed E-state index contributed by atoms with van der Waals surface area (Å²) in [4.78, 5) is 7.82. The Hall–Kier alpha value is -2.02. The Morgan fingerprint density at radius 3 is 2.50 bits per heavy atom. The fourth-order valence-electron chi connectivity index (χ4n) is 1.65. The van der Waals surface area contributed by atoms with Crippen molar-refractivity contribution in [3.05, 3.63) is 40.7 Å². The van der Waals surface area contributed by atoms with Gasteiger partial charge < -0.3 is 11.1 Å². The molecule has 2 aromatic rings. The van der Waals surface area contributed by atoms with Gasteiger partial charge in [-0.25, -0.2) is 9.97 Å². The summed E-state index contributed by atoms with van der Waals surface area (Å²) in [6.07, 6.45) is -4.53. The van der Waals surface area contributed by atoms with Gasteiger partial charge in [-0.05, 0) is 25.1 Å². The van der Waals surface area contributed by atoms with Crippen LogP contribution in [-0.4, -0.2) is 9.97 Å². The fraction of sp³-hybridized carbons (Fsp3) is 0.167. The standard InChI is InChI=1S/C12H10ClF3N4/c1-6-18-10(17)5-11(19-6)20-9-3-2-7(13)4-8(9)12(14,15)16/h2-5H,1H3,(H3,17,18,19,20). The maximum absolute atomic E-state index is 12.9. The number of nitrogens with two attached hydrogens (primary N) is 1. The molecule has 3 N–H and O–H groups in total. The highest BCUT2D eigenvalue weighted by Gasteiger charge is 2.33. The lowest BCUT2D eigenvalue weighted by Crippen LogP contribution is -2.10. The van der Waals surface area contributed by atoms with Crippen LogP contribution in [0.1, 0.15) is 11.4 Å². The van der Waals surface area contributed by atoms with Crippen molar-refractivity contribution < 1.29 is 13.2 Å². The molecule has 0 radical (unpaired) electrons. The SMILES string of the molecule is Cc1nc(N)cc(Nc2ccc(Cl)cc2C(F)(F)F)n1. The number of hydrogen-bond donors (Lipinski definition) is 2. The first kappa shape index (κ1) is 14.4. The number of nitrogen functional groups attached to an aromatic ring is 1. The summed E-state index contributed by atoms with van der Waals surface area (Å²) in [6.45, 7) is 1.59. The van der Waals surface area contributed by atoms with Crippen molar-refractivity contribution in [3.8, 4) is 0 Å². The van der Waals surface area contributed by atoms with E-state index in [1.165, 1.54) is 18.2 Å². The molecule has 0 unspecified atom stereocenters. The molecule has 0 aliphatic heterocycles. The monoisotopic (exact) mass is 302 g/mol. The van der Waals surface area contributed by atoms with E-state index in [-0.39, 0.29) is 22.3 Å². The highest BCUT2D eigenvalue weighted by molar-refractivity contribution is 6.30. The molecule has 0 aliphatic rings. The van der Waals surface area contributed by atoms with Crippen LogP contribution in [-0.2, 0) is 6.18 Å². The zero-order valence-electron chi connectivity index (χ0n) is 10.3. The quantitative estimate of drug-likeness (QED) is 0.886. The van der Waals surface area contributed by atoms with Gasteiger partial charge in [0.25, 0.3) is 0 Å². The van der Waals surface area contributed by atoms with E-state index in [9.17, 15) is 13.2 Å². The third-order valence-electron chi connectivity index (χ3n) is 2.41. The van der Waals surface area contributed by atoms with Crippen molar-refractivity contribution >= 4 is 28.9 Å². The molecule has 1 heterocycles. The number of alkyl halides is 3. The molecule has 1 aromatic carbocycles. The Morgan fingerprint density at radius 1 is 1.20 bits per heavy atom. The fourth-order valence-corrected chi connectivity index (χ4v) is 1.82. The Bertz CT molecular complexity index is 623. The first-order valence-electron chi connectivity index (χ1n) is 5.50. The lowest BCUT2D eigenvalue weighted by atomic mass is 10.1. The number of halogens is 4.